The van der Waals surface area contributed by atoms with Crippen LogP contribution in [0.15, 0.2) is 0 Å². The second-order valence-corrected chi connectivity index (χ2v) is 5.08. The summed E-state index contributed by atoms with van der Waals surface area (Å²) >= 11 is 0. The zero-order valence-electron chi connectivity index (χ0n) is 10.3. The van der Waals surface area contributed by atoms with E-state index in [4.69, 9.17) is 4.74 Å². The van der Waals surface area contributed by atoms with Crippen LogP contribution < -0.4 is 5.32 Å². The Balaban J connectivity index is 1.79. The van der Waals surface area contributed by atoms with Gasteiger partial charge in [-0.2, -0.15) is 0 Å². The van der Waals surface area contributed by atoms with Crippen molar-refractivity contribution in [1.82, 2.24) is 10.2 Å². The molecule has 1 saturated carbocycles. The van der Waals surface area contributed by atoms with Crippen molar-refractivity contribution in [2.75, 3.05) is 39.5 Å². The van der Waals surface area contributed by atoms with Crippen LogP contribution in [0.2, 0.25) is 0 Å². The molecule has 1 heterocycles. The van der Waals surface area contributed by atoms with Crippen molar-refractivity contribution >= 4 is 5.91 Å². The number of ether oxygens (including phenoxy) is 1. The third kappa shape index (κ3) is 3.40. The molecule has 0 spiro atoms. The van der Waals surface area contributed by atoms with Crippen LogP contribution in [0.25, 0.3) is 0 Å². The molecular formula is C12H22N2O3. The molecule has 0 radical (unpaired) electrons. The number of nitrogens with one attached hydrogen (secondary N) is 1. The molecule has 5 heteroatoms. The summed E-state index contributed by atoms with van der Waals surface area (Å²) in [6, 6.07) is 0. The van der Waals surface area contributed by atoms with Crippen LogP contribution in [-0.2, 0) is 9.53 Å². The number of hydrogen-bond acceptors (Lipinski definition) is 4. The first kappa shape index (κ1) is 12.8. The maximum Gasteiger partial charge on any atom is 0.234 e. The van der Waals surface area contributed by atoms with E-state index in [2.05, 4.69) is 10.2 Å². The molecule has 1 amide bonds. The molecule has 0 bridgehead atoms. The Morgan fingerprint density at radius 2 is 1.94 bits per heavy atom. The smallest absolute Gasteiger partial charge is 0.234 e. The van der Waals surface area contributed by atoms with Gasteiger partial charge in [0.05, 0.1) is 31.9 Å². The summed E-state index contributed by atoms with van der Waals surface area (Å²) in [5.41, 5.74) is -0.344. The molecule has 1 saturated heterocycles. The van der Waals surface area contributed by atoms with E-state index in [-0.39, 0.29) is 18.1 Å². The lowest BCUT2D eigenvalue weighted by Crippen LogP contribution is -2.53. The van der Waals surface area contributed by atoms with Crippen molar-refractivity contribution in [3.05, 3.63) is 0 Å². The molecule has 0 unspecified atom stereocenters. The third-order valence-electron chi connectivity index (χ3n) is 3.74. The first-order valence-electron chi connectivity index (χ1n) is 6.46. The molecule has 0 aromatic heterocycles. The molecule has 5 nitrogen and oxygen atoms in total. The quantitative estimate of drug-likeness (QED) is 0.713. The summed E-state index contributed by atoms with van der Waals surface area (Å²) in [6.45, 7) is 3.53. The number of amides is 1. The van der Waals surface area contributed by atoms with Crippen LogP contribution in [0.4, 0.5) is 0 Å². The van der Waals surface area contributed by atoms with Crippen molar-refractivity contribution in [3.63, 3.8) is 0 Å². The Labute approximate surface area is 102 Å². The molecule has 2 aliphatic rings. The third-order valence-corrected chi connectivity index (χ3v) is 3.74. The van der Waals surface area contributed by atoms with E-state index in [0.29, 0.717) is 19.8 Å². The minimum atomic E-state index is -0.344. The summed E-state index contributed by atoms with van der Waals surface area (Å²) in [5, 5.41) is 12.4. The van der Waals surface area contributed by atoms with Gasteiger partial charge in [-0.05, 0) is 12.8 Å². The molecule has 0 aromatic carbocycles. The number of aliphatic hydroxyl groups excluding tert-OH is 1. The summed E-state index contributed by atoms with van der Waals surface area (Å²) in [7, 11) is 0. The van der Waals surface area contributed by atoms with Crippen molar-refractivity contribution in [2.45, 2.75) is 31.2 Å². The zero-order valence-corrected chi connectivity index (χ0v) is 10.3. The monoisotopic (exact) mass is 242 g/mol. The van der Waals surface area contributed by atoms with Gasteiger partial charge in [0.15, 0.2) is 0 Å². The van der Waals surface area contributed by atoms with Crippen molar-refractivity contribution in [2.24, 2.45) is 0 Å². The minimum absolute atomic E-state index is 0.0304. The average Bonchev–Trinajstić information content (AvgIpc) is 2.79. The summed E-state index contributed by atoms with van der Waals surface area (Å²) in [4.78, 5) is 14.0. The van der Waals surface area contributed by atoms with Gasteiger partial charge in [-0.1, -0.05) is 12.8 Å². The van der Waals surface area contributed by atoms with E-state index in [1.54, 1.807) is 0 Å². The fourth-order valence-electron chi connectivity index (χ4n) is 2.67. The van der Waals surface area contributed by atoms with Crippen LogP contribution in [-0.4, -0.2) is 60.9 Å². The maximum atomic E-state index is 11.9. The molecule has 0 aromatic rings. The standard InChI is InChI=1S/C12H22N2O3/c15-10-12(3-1-2-4-12)13-11(16)9-14-5-7-17-8-6-14/h15H,1-10H2,(H,13,16). The summed E-state index contributed by atoms with van der Waals surface area (Å²) < 4.78 is 5.24. The number of nitrogens with zero attached hydrogens (tertiary/aromatic N) is 1. The van der Waals surface area contributed by atoms with Crippen LogP contribution in [0, 0.1) is 0 Å². The van der Waals surface area contributed by atoms with Gasteiger partial charge in [-0.25, -0.2) is 0 Å². The highest BCUT2D eigenvalue weighted by Gasteiger charge is 2.34. The zero-order chi connectivity index (χ0) is 12.1. The second kappa shape index (κ2) is 5.80. The molecular weight excluding hydrogens is 220 g/mol. The van der Waals surface area contributed by atoms with Gasteiger partial charge in [-0.3, -0.25) is 9.69 Å². The van der Waals surface area contributed by atoms with Gasteiger partial charge >= 0.3 is 0 Å². The average molecular weight is 242 g/mol. The highest BCUT2D eigenvalue weighted by molar-refractivity contribution is 5.79. The molecule has 0 atom stereocenters. The number of hydrogen-bond donors (Lipinski definition) is 2. The van der Waals surface area contributed by atoms with Crippen molar-refractivity contribution < 1.29 is 14.6 Å². The van der Waals surface area contributed by atoms with Gasteiger partial charge in [0, 0.05) is 13.1 Å². The SMILES string of the molecule is O=C(CN1CCOCC1)NC1(CO)CCCC1. The minimum Gasteiger partial charge on any atom is -0.394 e. The topological polar surface area (TPSA) is 61.8 Å². The van der Waals surface area contributed by atoms with Crippen LogP contribution in [0.3, 0.4) is 0 Å². The summed E-state index contributed by atoms with van der Waals surface area (Å²) in [6.07, 6.45) is 3.99. The number of aliphatic hydroxyl groups is 1. The van der Waals surface area contributed by atoms with E-state index < -0.39 is 0 Å². The Morgan fingerprint density at radius 1 is 1.29 bits per heavy atom. The number of morpholine rings is 1. The first-order chi connectivity index (χ1) is 8.24. The number of rotatable bonds is 4. The molecule has 2 rings (SSSR count). The molecule has 98 valence electrons. The van der Waals surface area contributed by atoms with E-state index in [1.807, 2.05) is 0 Å². The molecule has 17 heavy (non-hydrogen) atoms. The Hall–Kier alpha value is -0.650. The van der Waals surface area contributed by atoms with E-state index in [0.717, 1.165) is 38.8 Å². The largest absolute Gasteiger partial charge is 0.394 e. The summed E-state index contributed by atoms with van der Waals surface area (Å²) in [5.74, 6) is 0.0304. The Morgan fingerprint density at radius 3 is 2.53 bits per heavy atom. The van der Waals surface area contributed by atoms with Crippen molar-refractivity contribution in [1.29, 1.82) is 0 Å². The van der Waals surface area contributed by atoms with Gasteiger partial charge in [0.2, 0.25) is 5.91 Å². The van der Waals surface area contributed by atoms with Gasteiger partial charge < -0.3 is 15.2 Å². The fraction of sp³-hybridized carbons (Fsp3) is 0.917. The van der Waals surface area contributed by atoms with Crippen LogP contribution in [0.5, 0.6) is 0 Å². The molecule has 1 aliphatic carbocycles. The maximum absolute atomic E-state index is 11.9. The fourth-order valence-corrected chi connectivity index (χ4v) is 2.67. The van der Waals surface area contributed by atoms with Crippen molar-refractivity contribution in [3.8, 4) is 0 Å². The molecule has 2 N–H and O–H groups in total. The highest BCUT2D eigenvalue weighted by Crippen LogP contribution is 2.28. The number of carbonyl (C=O) groups excluding carboxylic acids is 1. The predicted octanol–water partition coefficient (Wildman–Crippen LogP) is -0.260. The Bertz CT molecular complexity index is 258. The normalized spacial score (nSPS) is 24.8. The van der Waals surface area contributed by atoms with Gasteiger partial charge in [0.25, 0.3) is 0 Å². The second-order valence-electron chi connectivity index (χ2n) is 5.08. The van der Waals surface area contributed by atoms with E-state index in [1.165, 1.54) is 0 Å². The molecule has 1 aliphatic heterocycles. The number of carbonyl (C=O) groups is 1. The van der Waals surface area contributed by atoms with Crippen LogP contribution >= 0.6 is 0 Å². The predicted molar refractivity (Wildman–Crippen MR) is 63.7 cm³/mol. The molecule has 2 fully saturated rings. The lowest BCUT2D eigenvalue weighted by atomic mass is 9.99. The lowest BCUT2D eigenvalue weighted by molar-refractivity contribution is -0.125. The lowest BCUT2D eigenvalue weighted by Gasteiger charge is -2.31. The van der Waals surface area contributed by atoms with E-state index >= 15 is 0 Å². The van der Waals surface area contributed by atoms with Gasteiger partial charge in [-0.15, -0.1) is 0 Å². The first-order valence-corrected chi connectivity index (χ1v) is 6.46. The van der Waals surface area contributed by atoms with Crippen LogP contribution in [0.1, 0.15) is 25.7 Å². The van der Waals surface area contributed by atoms with E-state index in [9.17, 15) is 9.90 Å². The van der Waals surface area contributed by atoms with Gasteiger partial charge in [0.1, 0.15) is 0 Å². The Kier molecular flexibility index (Phi) is 4.36. The highest BCUT2D eigenvalue weighted by atomic mass is 16.5.